The van der Waals surface area contributed by atoms with E-state index in [9.17, 15) is 0 Å². The summed E-state index contributed by atoms with van der Waals surface area (Å²) in [5, 5.41) is 9.40. The molecule has 0 fully saturated rings. The molecule has 17 heavy (non-hydrogen) atoms. The van der Waals surface area contributed by atoms with Crippen molar-refractivity contribution in [2.24, 2.45) is 5.73 Å². The van der Waals surface area contributed by atoms with Gasteiger partial charge in [0.2, 0.25) is 0 Å². The predicted molar refractivity (Wildman–Crippen MR) is 70.3 cm³/mol. The summed E-state index contributed by atoms with van der Waals surface area (Å²) in [5.41, 5.74) is 7.21. The lowest BCUT2D eigenvalue weighted by Crippen LogP contribution is -2.11. The minimum atomic E-state index is 0.0881. The summed E-state index contributed by atoms with van der Waals surface area (Å²) in [6, 6.07) is 11.6. The second-order valence-corrected chi connectivity index (χ2v) is 4.72. The molecule has 0 radical (unpaired) electrons. The average molecular weight is 246 g/mol. The Morgan fingerprint density at radius 2 is 2.12 bits per heavy atom. The van der Waals surface area contributed by atoms with Gasteiger partial charge < -0.3 is 10.5 Å². The molecule has 2 rings (SSSR count). The quantitative estimate of drug-likeness (QED) is 0.629. The van der Waals surface area contributed by atoms with E-state index in [2.05, 4.69) is 6.07 Å². The Labute approximate surface area is 104 Å². The molecule has 0 bridgehead atoms. The maximum Gasteiger partial charge on any atom is 0.122 e. The fourth-order valence-electron chi connectivity index (χ4n) is 1.49. The van der Waals surface area contributed by atoms with Gasteiger partial charge in [0.1, 0.15) is 5.84 Å². The van der Waals surface area contributed by atoms with Crippen molar-refractivity contribution < 1.29 is 4.74 Å². The Balaban J connectivity index is 1.90. The largest absolute Gasteiger partial charge is 0.384 e. The highest BCUT2D eigenvalue weighted by Crippen LogP contribution is 2.12. The van der Waals surface area contributed by atoms with Crippen LogP contribution in [-0.2, 0) is 18.0 Å². The monoisotopic (exact) mass is 246 g/mol. The molecule has 88 valence electrons. The predicted octanol–water partition coefficient (Wildman–Crippen LogP) is 2.75. The van der Waals surface area contributed by atoms with Crippen molar-refractivity contribution in [1.29, 1.82) is 5.41 Å². The lowest BCUT2D eigenvalue weighted by atomic mass is 10.1. The maximum absolute atomic E-state index is 7.36. The van der Waals surface area contributed by atoms with Crippen molar-refractivity contribution in [2.45, 2.75) is 13.2 Å². The molecular weight excluding hydrogens is 232 g/mol. The Hall–Kier alpha value is -1.65. The van der Waals surface area contributed by atoms with Gasteiger partial charge in [0.05, 0.1) is 13.2 Å². The lowest BCUT2D eigenvalue weighted by Gasteiger charge is -2.05. The molecule has 0 saturated heterocycles. The number of hydrogen-bond acceptors (Lipinski definition) is 3. The van der Waals surface area contributed by atoms with Crippen molar-refractivity contribution in [1.82, 2.24) is 0 Å². The van der Waals surface area contributed by atoms with Crippen molar-refractivity contribution in [3.05, 3.63) is 57.8 Å². The average Bonchev–Trinajstić information content (AvgIpc) is 2.82. The maximum atomic E-state index is 7.36. The summed E-state index contributed by atoms with van der Waals surface area (Å²) >= 11 is 1.69. The van der Waals surface area contributed by atoms with Crippen molar-refractivity contribution >= 4 is 17.2 Å². The van der Waals surface area contributed by atoms with Gasteiger partial charge in [-0.05, 0) is 23.1 Å². The molecular formula is C13H14N2OS. The molecule has 3 nitrogen and oxygen atoms in total. The van der Waals surface area contributed by atoms with E-state index in [1.165, 1.54) is 4.88 Å². The molecule has 0 unspecified atom stereocenters. The first kappa shape index (κ1) is 11.8. The van der Waals surface area contributed by atoms with Gasteiger partial charge in [0.25, 0.3) is 0 Å². The number of amidine groups is 1. The first-order valence-electron chi connectivity index (χ1n) is 5.29. The molecule has 0 aliphatic carbocycles. The first-order chi connectivity index (χ1) is 8.25. The molecule has 4 heteroatoms. The second-order valence-electron chi connectivity index (χ2n) is 3.69. The Morgan fingerprint density at radius 1 is 1.24 bits per heavy atom. The fraction of sp³-hybridized carbons (Fsp3) is 0.154. The minimum Gasteiger partial charge on any atom is -0.384 e. The van der Waals surface area contributed by atoms with Crippen LogP contribution in [0.3, 0.4) is 0 Å². The number of thiophene rings is 1. The molecule has 0 atom stereocenters. The number of ether oxygens (including phenoxy) is 1. The van der Waals surface area contributed by atoms with Crippen molar-refractivity contribution in [2.75, 3.05) is 0 Å². The minimum absolute atomic E-state index is 0.0881. The van der Waals surface area contributed by atoms with Gasteiger partial charge >= 0.3 is 0 Å². The number of nitrogen functional groups attached to an aromatic ring is 1. The smallest absolute Gasteiger partial charge is 0.122 e. The fourth-order valence-corrected chi connectivity index (χ4v) is 2.13. The van der Waals surface area contributed by atoms with Crippen LogP contribution in [0.2, 0.25) is 0 Å². The van der Waals surface area contributed by atoms with Gasteiger partial charge in [0, 0.05) is 10.4 Å². The van der Waals surface area contributed by atoms with Crippen LogP contribution < -0.4 is 5.73 Å². The van der Waals surface area contributed by atoms with Gasteiger partial charge in [-0.2, -0.15) is 0 Å². The number of nitrogens with two attached hydrogens (primary N) is 1. The Bertz CT molecular complexity index is 494. The van der Waals surface area contributed by atoms with E-state index < -0.39 is 0 Å². The summed E-state index contributed by atoms with van der Waals surface area (Å²) in [7, 11) is 0. The lowest BCUT2D eigenvalue weighted by molar-refractivity contribution is 0.109. The zero-order chi connectivity index (χ0) is 12.1. The molecule has 1 heterocycles. The SMILES string of the molecule is N=C(N)c1cccc(COCc2cccs2)c1. The third kappa shape index (κ3) is 3.41. The highest BCUT2D eigenvalue weighted by Gasteiger charge is 1.99. The Kier molecular flexibility index (Phi) is 3.90. The first-order valence-corrected chi connectivity index (χ1v) is 6.17. The molecule has 2 aromatic rings. The van der Waals surface area contributed by atoms with Gasteiger partial charge in [0.15, 0.2) is 0 Å². The van der Waals surface area contributed by atoms with Crippen LogP contribution in [0.5, 0.6) is 0 Å². The molecule has 3 N–H and O–H groups in total. The topological polar surface area (TPSA) is 59.1 Å². The van der Waals surface area contributed by atoms with Crippen LogP contribution in [0.1, 0.15) is 16.0 Å². The van der Waals surface area contributed by atoms with Crippen molar-refractivity contribution in [3.8, 4) is 0 Å². The summed E-state index contributed by atoms with van der Waals surface area (Å²) < 4.78 is 5.60. The Morgan fingerprint density at radius 3 is 2.82 bits per heavy atom. The third-order valence-electron chi connectivity index (χ3n) is 2.33. The molecule has 0 amide bonds. The third-order valence-corrected chi connectivity index (χ3v) is 3.18. The van der Waals surface area contributed by atoms with Crippen LogP contribution >= 0.6 is 11.3 Å². The van der Waals surface area contributed by atoms with Crippen LogP contribution in [-0.4, -0.2) is 5.84 Å². The van der Waals surface area contributed by atoms with Gasteiger partial charge in [-0.25, -0.2) is 0 Å². The molecule has 0 aliphatic heterocycles. The van der Waals surface area contributed by atoms with Crippen molar-refractivity contribution in [3.63, 3.8) is 0 Å². The molecule has 0 spiro atoms. The van der Waals surface area contributed by atoms with Crippen LogP contribution in [0.15, 0.2) is 41.8 Å². The zero-order valence-corrected chi connectivity index (χ0v) is 10.2. The highest BCUT2D eigenvalue weighted by molar-refractivity contribution is 7.09. The summed E-state index contributed by atoms with van der Waals surface area (Å²) in [4.78, 5) is 1.22. The van der Waals surface area contributed by atoms with Gasteiger partial charge in [-0.3, -0.25) is 5.41 Å². The van der Waals surface area contributed by atoms with E-state index in [1.807, 2.05) is 35.7 Å². The normalized spacial score (nSPS) is 10.4. The van der Waals surface area contributed by atoms with E-state index in [0.717, 1.165) is 11.1 Å². The number of rotatable bonds is 5. The zero-order valence-electron chi connectivity index (χ0n) is 9.35. The summed E-state index contributed by atoms with van der Waals surface area (Å²) in [6.07, 6.45) is 0. The molecule has 0 saturated carbocycles. The van der Waals surface area contributed by atoms with Crippen LogP contribution in [0.25, 0.3) is 0 Å². The molecule has 0 aliphatic rings. The summed E-state index contributed by atoms with van der Waals surface area (Å²) in [6.45, 7) is 1.17. The molecule has 1 aromatic carbocycles. The number of hydrogen-bond donors (Lipinski definition) is 2. The highest BCUT2D eigenvalue weighted by atomic mass is 32.1. The van der Waals surface area contributed by atoms with Gasteiger partial charge in [-0.1, -0.05) is 24.3 Å². The van der Waals surface area contributed by atoms with E-state index in [-0.39, 0.29) is 5.84 Å². The number of nitrogens with one attached hydrogen (secondary N) is 1. The van der Waals surface area contributed by atoms with E-state index >= 15 is 0 Å². The second kappa shape index (κ2) is 5.61. The molecule has 1 aromatic heterocycles. The van der Waals surface area contributed by atoms with E-state index in [4.69, 9.17) is 15.9 Å². The van der Waals surface area contributed by atoms with Crippen LogP contribution in [0.4, 0.5) is 0 Å². The standard InChI is InChI=1S/C13H14N2OS/c14-13(15)11-4-1-3-10(7-11)8-16-9-12-5-2-6-17-12/h1-7H,8-9H2,(H3,14,15). The summed E-state index contributed by atoms with van der Waals surface area (Å²) in [5.74, 6) is 0.0881. The number of benzene rings is 1. The van der Waals surface area contributed by atoms with Crippen LogP contribution in [0, 0.1) is 5.41 Å². The van der Waals surface area contributed by atoms with Gasteiger partial charge in [-0.15, -0.1) is 11.3 Å². The van der Waals surface area contributed by atoms with E-state index in [1.54, 1.807) is 11.3 Å². The van der Waals surface area contributed by atoms with E-state index in [0.29, 0.717) is 13.2 Å².